The molecule has 1 heterocycles. The molecule has 3 aromatic rings. The van der Waals surface area contributed by atoms with E-state index in [-0.39, 0.29) is 0 Å². The molecule has 0 saturated carbocycles. The Balaban J connectivity index is 1.65. The third kappa shape index (κ3) is 2.31. The summed E-state index contributed by atoms with van der Waals surface area (Å²) >= 11 is 0. The Kier molecular flexibility index (Phi) is 2.96. The Morgan fingerprint density at radius 2 is 1.81 bits per heavy atom. The van der Waals surface area contributed by atoms with Gasteiger partial charge in [-0.3, -0.25) is 4.57 Å². The van der Waals surface area contributed by atoms with E-state index < -0.39 is 0 Å². The Hall–Kier alpha value is -2.55. The van der Waals surface area contributed by atoms with E-state index in [9.17, 15) is 0 Å². The van der Waals surface area contributed by atoms with Crippen LogP contribution in [-0.4, -0.2) is 9.55 Å². The van der Waals surface area contributed by atoms with Crippen LogP contribution in [0.2, 0.25) is 0 Å². The first-order valence-corrected chi connectivity index (χ1v) is 7.38. The molecule has 0 aliphatic heterocycles. The van der Waals surface area contributed by atoms with Gasteiger partial charge in [0.15, 0.2) is 0 Å². The van der Waals surface area contributed by atoms with Gasteiger partial charge >= 0.3 is 0 Å². The molecule has 3 nitrogen and oxygen atoms in total. The van der Waals surface area contributed by atoms with Crippen molar-refractivity contribution in [3.05, 3.63) is 72.1 Å². The lowest BCUT2D eigenvalue weighted by Crippen LogP contribution is -2.01. The van der Waals surface area contributed by atoms with Crippen molar-refractivity contribution in [3.63, 3.8) is 0 Å². The maximum Gasteiger partial charge on any atom is 0.212 e. The zero-order valence-electron chi connectivity index (χ0n) is 11.8. The molecule has 1 aliphatic rings. The van der Waals surface area contributed by atoms with Gasteiger partial charge in [-0.1, -0.05) is 24.3 Å². The summed E-state index contributed by atoms with van der Waals surface area (Å²) < 4.78 is 2.06. The van der Waals surface area contributed by atoms with Gasteiger partial charge in [0, 0.05) is 23.8 Å². The van der Waals surface area contributed by atoms with Crippen molar-refractivity contribution in [1.29, 1.82) is 0 Å². The second-order valence-electron chi connectivity index (χ2n) is 5.42. The predicted octanol–water partition coefficient (Wildman–Crippen LogP) is 4.10. The largest absolute Gasteiger partial charge is 0.325 e. The van der Waals surface area contributed by atoms with Crippen LogP contribution in [0.4, 0.5) is 11.6 Å². The van der Waals surface area contributed by atoms with E-state index in [1.807, 2.05) is 30.6 Å². The van der Waals surface area contributed by atoms with Crippen molar-refractivity contribution in [2.24, 2.45) is 0 Å². The zero-order valence-corrected chi connectivity index (χ0v) is 11.8. The normalized spacial score (nSPS) is 13.1. The topological polar surface area (TPSA) is 29.9 Å². The highest BCUT2D eigenvalue weighted by molar-refractivity contribution is 5.58. The molecule has 0 unspecified atom stereocenters. The summed E-state index contributed by atoms with van der Waals surface area (Å²) in [6.45, 7) is 0. The van der Waals surface area contributed by atoms with E-state index in [0.717, 1.165) is 17.3 Å². The van der Waals surface area contributed by atoms with Crippen LogP contribution in [0.15, 0.2) is 60.9 Å². The quantitative estimate of drug-likeness (QED) is 0.779. The van der Waals surface area contributed by atoms with Crippen LogP contribution in [0.5, 0.6) is 0 Å². The molecule has 0 fully saturated rings. The molecule has 1 aromatic heterocycles. The van der Waals surface area contributed by atoms with Gasteiger partial charge in [-0.2, -0.15) is 0 Å². The molecule has 0 amide bonds. The van der Waals surface area contributed by atoms with Gasteiger partial charge in [0.05, 0.1) is 0 Å². The van der Waals surface area contributed by atoms with Gasteiger partial charge in [-0.05, 0) is 54.7 Å². The van der Waals surface area contributed by atoms with Crippen LogP contribution in [0.25, 0.3) is 5.69 Å². The molecular weight excluding hydrogens is 258 g/mol. The summed E-state index contributed by atoms with van der Waals surface area (Å²) in [5, 5.41) is 3.43. The summed E-state index contributed by atoms with van der Waals surface area (Å²) in [5.41, 5.74) is 5.18. The first-order valence-electron chi connectivity index (χ1n) is 7.38. The summed E-state index contributed by atoms with van der Waals surface area (Å²) in [6.07, 6.45) is 7.48. The zero-order chi connectivity index (χ0) is 14.1. The minimum Gasteiger partial charge on any atom is -0.325 e. The van der Waals surface area contributed by atoms with Crippen LogP contribution in [0, 0.1) is 0 Å². The maximum atomic E-state index is 4.43. The molecule has 21 heavy (non-hydrogen) atoms. The molecule has 0 atom stereocenters. The van der Waals surface area contributed by atoms with Crippen LogP contribution >= 0.6 is 0 Å². The highest BCUT2D eigenvalue weighted by Crippen LogP contribution is 2.26. The molecule has 2 aromatic carbocycles. The molecule has 1 N–H and O–H groups in total. The number of nitrogens with one attached hydrogen (secondary N) is 1. The molecule has 4 rings (SSSR count). The third-order valence-electron chi connectivity index (χ3n) is 4.03. The van der Waals surface area contributed by atoms with Gasteiger partial charge in [0.25, 0.3) is 0 Å². The predicted molar refractivity (Wildman–Crippen MR) is 85.3 cm³/mol. The first kappa shape index (κ1) is 12.2. The third-order valence-corrected chi connectivity index (χ3v) is 4.03. The van der Waals surface area contributed by atoms with Crippen LogP contribution in [0.3, 0.4) is 0 Å². The lowest BCUT2D eigenvalue weighted by atomic mass is 10.1. The summed E-state index contributed by atoms with van der Waals surface area (Å²) in [5.74, 6) is 0.846. The Morgan fingerprint density at radius 1 is 0.952 bits per heavy atom. The Morgan fingerprint density at radius 3 is 2.71 bits per heavy atom. The lowest BCUT2D eigenvalue weighted by molar-refractivity contribution is 0.912. The fourth-order valence-electron chi connectivity index (χ4n) is 2.97. The average molecular weight is 275 g/mol. The van der Waals surface area contributed by atoms with E-state index in [1.54, 1.807) is 0 Å². The van der Waals surface area contributed by atoms with E-state index in [2.05, 4.69) is 45.2 Å². The minimum absolute atomic E-state index is 0.846. The average Bonchev–Trinajstić information content (AvgIpc) is 3.16. The van der Waals surface area contributed by atoms with E-state index in [0.29, 0.717) is 0 Å². The van der Waals surface area contributed by atoms with Crippen molar-refractivity contribution in [2.75, 3.05) is 5.32 Å². The van der Waals surface area contributed by atoms with E-state index in [4.69, 9.17) is 0 Å². The van der Waals surface area contributed by atoms with E-state index in [1.165, 1.54) is 30.4 Å². The number of aryl methyl sites for hydroxylation is 2. The molecule has 104 valence electrons. The molecule has 3 heteroatoms. The second-order valence-corrected chi connectivity index (χ2v) is 5.42. The second kappa shape index (κ2) is 5.09. The monoisotopic (exact) mass is 275 g/mol. The smallest absolute Gasteiger partial charge is 0.212 e. The van der Waals surface area contributed by atoms with Gasteiger partial charge < -0.3 is 5.32 Å². The number of imidazole rings is 1. The molecule has 0 radical (unpaired) electrons. The maximum absolute atomic E-state index is 4.43. The molecule has 0 bridgehead atoms. The number of hydrogen-bond acceptors (Lipinski definition) is 2. The minimum atomic E-state index is 0.846. The van der Waals surface area contributed by atoms with E-state index >= 15 is 0 Å². The van der Waals surface area contributed by atoms with Gasteiger partial charge in [-0.25, -0.2) is 4.98 Å². The van der Waals surface area contributed by atoms with Crippen LogP contribution in [0.1, 0.15) is 17.5 Å². The number of aromatic nitrogens is 2. The number of benzene rings is 2. The van der Waals surface area contributed by atoms with Crippen molar-refractivity contribution in [1.82, 2.24) is 9.55 Å². The molecular formula is C18H17N3. The van der Waals surface area contributed by atoms with Crippen molar-refractivity contribution in [2.45, 2.75) is 19.3 Å². The summed E-state index contributed by atoms with van der Waals surface area (Å²) in [6, 6.07) is 16.9. The summed E-state index contributed by atoms with van der Waals surface area (Å²) in [7, 11) is 0. The van der Waals surface area contributed by atoms with Crippen LogP contribution < -0.4 is 5.32 Å². The van der Waals surface area contributed by atoms with Crippen molar-refractivity contribution >= 4 is 11.6 Å². The number of hydrogen-bond donors (Lipinski definition) is 1. The molecule has 0 saturated heterocycles. The SMILES string of the molecule is c1ccc(-n2ccnc2Nc2ccc3c(c2)CCC3)cc1. The van der Waals surface area contributed by atoms with Gasteiger partial charge in [-0.15, -0.1) is 0 Å². The first-order chi connectivity index (χ1) is 10.4. The number of anilines is 2. The van der Waals surface area contributed by atoms with Crippen molar-refractivity contribution < 1.29 is 0 Å². The summed E-state index contributed by atoms with van der Waals surface area (Å²) in [4.78, 5) is 4.43. The molecule has 1 aliphatic carbocycles. The van der Waals surface area contributed by atoms with Crippen LogP contribution in [-0.2, 0) is 12.8 Å². The number of nitrogens with zero attached hydrogens (tertiary/aromatic N) is 2. The highest BCUT2D eigenvalue weighted by Gasteiger charge is 2.12. The number of para-hydroxylation sites is 1. The Labute approximate surface area is 124 Å². The fourth-order valence-corrected chi connectivity index (χ4v) is 2.97. The van der Waals surface area contributed by atoms with Crippen molar-refractivity contribution in [3.8, 4) is 5.69 Å². The Bertz CT molecular complexity index is 759. The molecule has 0 spiro atoms. The lowest BCUT2D eigenvalue weighted by Gasteiger charge is -2.11. The fraction of sp³-hybridized carbons (Fsp3) is 0.167. The van der Waals surface area contributed by atoms with Gasteiger partial charge in [0.2, 0.25) is 5.95 Å². The number of fused-ring (bicyclic) bond motifs is 1. The highest BCUT2D eigenvalue weighted by atomic mass is 15.2. The number of rotatable bonds is 3. The van der Waals surface area contributed by atoms with Gasteiger partial charge in [0.1, 0.15) is 0 Å². The standard InChI is InChI=1S/C18H17N3/c1-2-7-17(8-3-1)21-12-11-19-18(21)20-16-10-9-14-5-4-6-15(14)13-16/h1-3,7-13H,4-6H2,(H,19,20).